The van der Waals surface area contributed by atoms with Crippen molar-refractivity contribution in [1.29, 1.82) is 0 Å². The monoisotopic (exact) mass is 311 g/mol. The molecule has 2 heterocycles. The highest BCUT2D eigenvalue weighted by molar-refractivity contribution is 5.93. The summed E-state index contributed by atoms with van der Waals surface area (Å²) in [4.78, 5) is 14.7. The van der Waals surface area contributed by atoms with Gasteiger partial charge >= 0.3 is 0 Å². The molecular formula is C16H23F2N3O. The lowest BCUT2D eigenvalue weighted by atomic mass is 9.83. The number of alkyl halides is 2. The summed E-state index contributed by atoms with van der Waals surface area (Å²) in [5, 5.41) is 3.88. The van der Waals surface area contributed by atoms with Crippen molar-refractivity contribution in [2.75, 3.05) is 6.54 Å². The minimum absolute atomic E-state index is 0.133. The lowest BCUT2D eigenvalue weighted by Crippen LogP contribution is -2.41. The first-order chi connectivity index (χ1) is 10.7. The number of likely N-dealkylation sites (tertiary alicyclic amines) is 1. The summed E-state index contributed by atoms with van der Waals surface area (Å²) in [6, 6.07) is 1.84. The summed E-state index contributed by atoms with van der Waals surface area (Å²) in [6.45, 7) is 0.218. The number of hydrogen-bond acceptors (Lipinski definition) is 2. The molecule has 4 nitrogen and oxygen atoms in total. The molecule has 1 saturated carbocycles. The second kappa shape index (κ2) is 6.75. The summed E-state index contributed by atoms with van der Waals surface area (Å²) in [7, 11) is 0. The first-order valence-corrected chi connectivity index (χ1v) is 8.27. The number of rotatable bonds is 4. The predicted octanol–water partition coefficient (Wildman–Crippen LogP) is 3.33. The van der Waals surface area contributed by atoms with E-state index in [0.29, 0.717) is 11.6 Å². The van der Waals surface area contributed by atoms with Crippen molar-refractivity contribution in [3.05, 3.63) is 18.0 Å². The van der Waals surface area contributed by atoms with Gasteiger partial charge in [0, 0.05) is 18.8 Å². The van der Waals surface area contributed by atoms with Crippen LogP contribution in [0.3, 0.4) is 0 Å². The molecule has 122 valence electrons. The highest BCUT2D eigenvalue weighted by Crippen LogP contribution is 2.35. The fraction of sp³-hybridized carbons (Fsp3) is 0.750. The van der Waals surface area contributed by atoms with Gasteiger partial charge in [0.25, 0.3) is 12.3 Å². The average molecular weight is 311 g/mol. The van der Waals surface area contributed by atoms with Crippen molar-refractivity contribution in [1.82, 2.24) is 14.7 Å². The minimum Gasteiger partial charge on any atom is -0.334 e. The molecule has 1 aliphatic carbocycles. The van der Waals surface area contributed by atoms with E-state index in [1.54, 1.807) is 6.07 Å². The molecule has 22 heavy (non-hydrogen) atoms. The SMILES string of the molecule is O=C(c1ccnn1CC(F)F)N1CCC[C@H]1C1CCCCC1. The Bertz CT molecular complexity index is 511. The van der Waals surface area contributed by atoms with Gasteiger partial charge in [-0.05, 0) is 37.7 Å². The van der Waals surface area contributed by atoms with E-state index >= 15 is 0 Å². The maximum Gasteiger partial charge on any atom is 0.272 e. The van der Waals surface area contributed by atoms with Gasteiger partial charge in [0.05, 0.1) is 0 Å². The van der Waals surface area contributed by atoms with Crippen molar-refractivity contribution in [2.45, 2.75) is 64.0 Å². The van der Waals surface area contributed by atoms with Crippen LogP contribution in [-0.4, -0.2) is 39.6 Å². The zero-order valence-corrected chi connectivity index (χ0v) is 12.8. The molecule has 1 aliphatic heterocycles. The highest BCUT2D eigenvalue weighted by Gasteiger charge is 2.36. The highest BCUT2D eigenvalue weighted by atomic mass is 19.3. The minimum atomic E-state index is -2.50. The number of carbonyl (C=O) groups is 1. The topological polar surface area (TPSA) is 38.1 Å². The lowest BCUT2D eigenvalue weighted by Gasteiger charge is -2.34. The number of hydrogen-bond donors (Lipinski definition) is 0. The normalized spacial score (nSPS) is 23.4. The van der Waals surface area contributed by atoms with Crippen LogP contribution in [0.5, 0.6) is 0 Å². The Kier molecular flexibility index (Phi) is 4.74. The number of carbonyl (C=O) groups excluding carboxylic acids is 1. The summed E-state index contributed by atoms with van der Waals surface area (Å²) >= 11 is 0. The molecular weight excluding hydrogens is 288 g/mol. The van der Waals surface area contributed by atoms with E-state index < -0.39 is 13.0 Å². The van der Waals surface area contributed by atoms with Gasteiger partial charge in [0.2, 0.25) is 0 Å². The Labute approximate surface area is 129 Å². The quantitative estimate of drug-likeness (QED) is 0.855. The van der Waals surface area contributed by atoms with Crippen LogP contribution in [-0.2, 0) is 6.54 Å². The maximum absolute atomic E-state index is 12.8. The van der Waals surface area contributed by atoms with E-state index in [4.69, 9.17) is 0 Å². The van der Waals surface area contributed by atoms with Crippen molar-refractivity contribution >= 4 is 5.91 Å². The number of nitrogens with zero attached hydrogens (tertiary/aromatic N) is 3. The van der Waals surface area contributed by atoms with E-state index in [2.05, 4.69) is 5.10 Å². The van der Waals surface area contributed by atoms with Crippen molar-refractivity contribution in [3.8, 4) is 0 Å². The molecule has 0 bridgehead atoms. The smallest absolute Gasteiger partial charge is 0.272 e. The number of amides is 1. The molecule has 1 aromatic heterocycles. The van der Waals surface area contributed by atoms with Gasteiger partial charge in [-0.25, -0.2) is 8.78 Å². The van der Waals surface area contributed by atoms with Crippen molar-refractivity contribution in [3.63, 3.8) is 0 Å². The maximum atomic E-state index is 12.8. The van der Waals surface area contributed by atoms with Crippen LogP contribution >= 0.6 is 0 Å². The molecule has 0 unspecified atom stereocenters. The third-order valence-electron chi connectivity index (χ3n) is 5.00. The molecule has 3 rings (SSSR count). The molecule has 1 saturated heterocycles. The van der Waals surface area contributed by atoms with Crippen molar-refractivity contribution < 1.29 is 13.6 Å². The molecule has 1 aromatic rings. The Morgan fingerprint density at radius 2 is 2.00 bits per heavy atom. The van der Waals surface area contributed by atoms with E-state index in [1.165, 1.54) is 38.3 Å². The van der Waals surface area contributed by atoms with Crippen LogP contribution in [0, 0.1) is 5.92 Å². The van der Waals surface area contributed by atoms with Gasteiger partial charge in [-0.2, -0.15) is 5.10 Å². The molecule has 0 spiro atoms. The third kappa shape index (κ3) is 3.15. The Morgan fingerprint density at radius 1 is 1.23 bits per heavy atom. The van der Waals surface area contributed by atoms with E-state index in [0.717, 1.165) is 24.1 Å². The summed E-state index contributed by atoms with van der Waals surface area (Å²) < 4.78 is 26.3. The second-order valence-electron chi connectivity index (χ2n) is 6.40. The third-order valence-corrected chi connectivity index (χ3v) is 5.00. The first-order valence-electron chi connectivity index (χ1n) is 8.27. The standard InChI is InChI=1S/C16H23F2N3O/c17-15(18)11-21-14(8-9-19-21)16(22)20-10-4-7-13(20)12-5-2-1-3-6-12/h8-9,12-13,15H,1-7,10-11H2/t13-/m0/s1. The molecule has 0 radical (unpaired) electrons. The number of halogens is 2. The van der Waals surface area contributed by atoms with E-state index in [-0.39, 0.29) is 11.9 Å². The fourth-order valence-electron chi connectivity index (χ4n) is 3.99. The second-order valence-corrected chi connectivity index (χ2v) is 6.40. The molecule has 0 N–H and O–H groups in total. The van der Waals surface area contributed by atoms with Crippen molar-refractivity contribution in [2.24, 2.45) is 5.92 Å². The molecule has 6 heteroatoms. The Hall–Kier alpha value is -1.46. The van der Waals surface area contributed by atoms with Gasteiger partial charge in [-0.3, -0.25) is 9.48 Å². The summed E-state index contributed by atoms with van der Waals surface area (Å²) in [5.74, 6) is 0.442. The van der Waals surface area contributed by atoms with Gasteiger partial charge in [0.15, 0.2) is 0 Å². The number of aromatic nitrogens is 2. The van der Waals surface area contributed by atoms with Gasteiger partial charge in [-0.1, -0.05) is 19.3 Å². The van der Waals surface area contributed by atoms with E-state index in [1.807, 2.05) is 4.90 Å². The molecule has 1 atom stereocenters. The van der Waals surface area contributed by atoms with Crippen LogP contribution < -0.4 is 0 Å². The summed E-state index contributed by atoms with van der Waals surface area (Å²) in [5.41, 5.74) is 0.294. The fourth-order valence-corrected chi connectivity index (χ4v) is 3.99. The molecule has 1 amide bonds. The zero-order valence-electron chi connectivity index (χ0n) is 12.8. The van der Waals surface area contributed by atoms with Gasteiger partial charge < -0.3 is 4.90 Å². The van der Waals surface area contributed by atoms with Crippen LogP contribution in [0.4, 0.5) is 8.78 Å². The Morgan fingerprint density at radius 3 is 2.73 bits per heavy atom. The molecule has 2 fully saturated rings. The van der Waals surface area contributed by atoms with Gasteiger partial charge in [-0.15, -0.1) is 0 Å². The predicted molar refractivity (Wildman–Crippen MR) is 78.9 cm³/mol. The van der Waals surface area contributed by atoms with Gasteiger partial charge in [0.1, 0.15) is 12.2 Å². The zero-order chi connectivity index (χ0) is 15.5. The van der Waals surface area contributed by atoms with Crippen LogP contribution in [0.25, 0.3) is 0 Å². The van der Waals surface area contributed by atoms with Crippen LogP contribution in [0.15, 0.2) is 12.3 Å². The molecule has 0 aromatic carbocycles. The average Bonchev–Trinajstić information content (AvgIpc) is 3.16. The summed E-state index contributed by atoms with van der Waals surface area (Å²) in [6.07, 6.45) is 7.13. The molecule has 2 aliphatic rings. The lowest BCUT2D eigenvalue weighted by molar-refractivity contribution is 0.0638. The first kappa shape index (κ1) is 15.4. The van der Waals surface area contributed by atoms with Crippen LogP contribution in [0.2, 0.25) is 0 Å². The Balaban J connectivity index is 1.74. The van der Waals surface area contributed by atoms with E-state index in [9.17, 15) is 13.6 Å². The van der Waals surface area contributed by atoms with Crippen LogP contribution in [0.1, 0.15) is 55.4 Å². The largest absolute Gasteiger partial charge is 0.334 e.